The van der Waals surface area contributed by atoms with E-state index in [9.17, 15) is 4.79 Å². The summed E-state index contributed by atoms with van der Waals surface area (Å²) >= 11 is 9.13. The molecule has 1 aromatic heterocycles. The Labute approximate surface area is 94.0 Å². The molecule has 0 aliphatic rings. The predicted octanol–water partition coefficient (Wildman–Crippen LogP) is 3.25. The Morgan fingerprint density at radius 1 is 1.36 bits per heavy atom. The number of aromatic amines is 1. The third kappa shape index (κ3) is 1.57. The van der Waals surface area contributed by atoms with Gasteiger partial charge in [-0.3, -0.25) is 4.79 Å². The lowest BCUT2D eigenvalue weighted by atomic mass is 10.1. The van der Waals surface area contributed by atoms with Crippen LogP contribution in [-0.2, 0) is 0 Å². The van der Waals surface area contributed by atoms with Gasteiger partial charge >= 0.3 is 0 Å². The summed E-state index contributed by atoms with van der Waals surface area (Å²) in [5.74, 6) is 0. The largest absolute Gasteiger partial charge is 0.321 e. The van der Waals surface area contributed by atoms with Gasteiger partial charge in [0.1, 0.15) is 0 Å². The van der Waals surface area contributed by atoms with Crippen LogP contribution < -0.4 is 5.56 Å². The van der Waals surface area contributed by atoms with Gasteiger partial charge in [0.25, 0.3) is 5.56 Å². The van der Waals surface area contributed by atoms with Crippen LogP contribution in [0, 0.1) is 6.92 Å². The maximum atomic E-state index is 11.3. The van der Waals surface area contributed by atoms with Crippen molar-refractivity contribution < 1.29 is 0 Å². The molecule has 0 amide bonds. The van der Waals surface area contributed by atoms with Crippen LogP contribution in [0.4, 0.5) is 0 Å². The predicted molar refractivity (Wildman–Crippen MR) is 62.0 cm³/mol. The van der Waals surface area contributed by atoms with E-state index in [0.29, 0.717) is 9.50 Å². The second-order valence-corrected chi connectivity index (χ2v) is 4.40. The first kappa shape index (κ1) is 9.74. The molecular weight excluding hydrogens is 265 g/mol. The van der Waals surface area contributed by atoms with E-state index in [1.54, 1.807) is 12.1 Å². The highest BCUT2D eigenvalue weighted by atomic mass is 79.9. The minimum Gasteiger partial charge on any atom is -0.321 e. The zero-order valence-electron chi connectivity index (χ0n) is 7.40. The highest BCUT2D eigenvalue weighted by Gasteiger charge is 2.02. The molecule has 1 heterocycles. The highest BCUT2D eigenvalue weighted by Crippen LogP contribution is 2.22. The molecule has 0 saturated heterocycles. The first-order valence-corrected chi connectivity index (χ1v) is 5.24. The molecule has 1 aromatic carbocycles. The standard InChI is InChI=1S/C10H7BrClNO/c1-5-2-6-3-7(11)10(14)13-9(6)4-8(5)12/h2-4H,1H3,(H,13,14). The van der Waals surface area contributed by atoms with E-state index >= 15 is 0 Å². The monoisotopic (exact) mass is 271 g/mol. The number of aromatic nitrogens is 1. The van der Waals surface area contributed by atoms with Crippen LogP contribution in [0.5, 0.6) is 0 Å². The fourth-order valence-electron chi connectivity index (χ4n) is 1.32. The van der Waals surface area contributed by atoms with Gasteiger partial charge < -0.3 is 4.98 Å². The molecule has 2 rings (SSSR count). The van der Waals surface area contributed by atoms with Gasteiger partial charge in [-0.15, -0.1) is 0 Å². The molecule has 72 valence electrons. The molecule has 0 radical (unpaired) electrons. The molecule has 1 N–H and O–H groups in total. The number of hydrogen-bond donors (Lipinski definition) is 1. The number of aryl methyl sites for hydroxylation is 1. The summed E-state index contributed by atoms with van der Waals surface area (Å²) < 4.78 is 0.534. The molecule has 0 spiro atoms. The summed E-state index contributed by atoms with van der Waals surface area (Å²) in [5.41, 5.74) is 1.62. The smallest absolute Gasteiger partial charge is 0.262 e. The maximum Gasteiger partial charge on any atom is 0.262 e. The number of rotatable bonds is 0. The van der Waals surface area contributed by atoms with Gasteiger partial charge in [0.05, 0.1) is 4.47 Å². The molecule has 0 fully saturated rings. The topological polar surface area (TPSA) is 32.9 Å². The molecule has 0 atom stereocenters. The summed E-state index contributed by atoms with van der Waals surface area (Å²) in [5, 5.41) is 1.63. The van der Waals surface area contributed by atoms with E-state index in [1.807, 2.05) is 13.0 Å². The molecule has 0 bridgehead atoms. The molecule has 2 aromatic rings. The first-order chi connectivity index (χ1) is 6.58. The van der Waals surface area contributed by atoms with Crippen molar-refractivity contribution in [3.05, 3.63) is 43.6 Å². The van der Waals surface area contributed by atoms with Gasteiger partial charge in [-0.1, -0.05) is 11.6 Å². The van der Waals surface area contributed by atoms with Gasteiger partial charge in [-0.25, -0.2) is 0 Å². The van der Waals surface area contributed by atoms with Crippen LogP contribution >= 0.6 is 27.5 Å². The lowest BCUT2D eigenvalue weighted by Gasteiger charge is -2.02. The average Bonchev–Trinajstić information content (AvgIpc) is 2.11. The third-order valence-electron chi connectivity index (χ3n) is 2.08. The van der Waals surface area contributed by atoms with Crippen LogP contribution in [0.25, 0.3) is 10.9 Å². The molecule has 0 aliphatic carbocycles. The molecule has 0 saturated carbocycles. The fourth-order valence-corrected chi connectivity index (χ4v) is 1.83. The highest BCUT2D eigenvalue weighted by molar-refractivity contribution is 9.10. The maximum absolute atomic E-state index is 11.3. The van der Waals surface area contributed by atoms with Gasteiger partial charge in [0.2, 0.25) is 0 Å². The zero-order valence-corrected chi connectivity index (χ0v) is 9.74. The molecule has 2 nitrogen and oxygen atoms in total. The lowest BCUT2D eigenvalue weighted by molar-refractivity contribution is 1.28. The summed E-state index contributed by atoms with van der Waals surface area (Å²) in [7, 11) is 0. The van der Waals surface area contributed by atoms with E-state index in [-0.39, 0.29) is 5.56 Å². The van der Waals surface area contributed by atoms with Gasteiger partial charge in [-0.05, 0) is 52.0 Å². The van der Waals surface area contributed by atoms with Crippen molar-refractivity contribution in [1.29, 1.82) is 0 Å². The second kappa shape index (κ2) is 3.41. The Morgan fingerprint density at radius 2 is 2.07 bits per heavy atom. The Balaban J connectivity index is 2.90. The van der Waals surface area contributed by atoms with Crippen molar-refractivity contribution in [2.45, 2.75) is 6.92 Å². The van der Waals surface area contributed by atoms with Crippen molar-refractivity contribution >= 4 is 38.4 Å². The van der Waals surface area contributed by atoms with Crippen LogP contribution in [-0.4, -0.2) is 4.98 Å². The van der Waals surface area contributed by atoms with E-state index in [2.05, 4.69) is 20.9 Å². The minimum absolute atomic E-state index is 0.141. The van der Waals surface area contributed by atoms with Crippen molar-refractivity contribution in [1.82, 2.24) is 4.98 Å². The van der Waals surface area contributed by atoms with Crippen molar-refractivity contribution in [2.24, 2.45) is 0 Å². The van der Waals surface area contributed by atoms with E-state index in [0.717, 1.165) is 16.5 Å². The number of fused-ring (bicyclic) bond motifs is 1. The van der Waals surface area contributed by atoms with Gasteiger partial charge in [-0.2, -0.15) is 0 Å². The van der Waals surface area contributed by atoms with E-state index < -0.39 is 0 Å². The number of hydrogen-bond acceptors (Lipinski definition) is 1. The average molecular weight is 273 g/mol. The summed E-state index contributed by atoms with van der Waals surface area (Å²) in [4.78, 5) is 14.0. The second-order valence-electron chi connectivity index (χ2n) is 3.14. The zero-order chi connectivity index (χ0) is 10.3. The molecule has 14 heavy (non-hydrogen) atoms. The van der Waals surface area contributed by atoms with E-state index in [4.69, 9.17) is 11.6 Å². The van der Waals surface area contributed by atoms with Crippen LogP contribution in [0.15, 0.2) is 27.5 Å². The molecular formula is C10H7BrClNO. The Bertz CT molecular complexity index is 562. The van der Waals surface area contributed by atoms with Crippen molar-refractivity contribution in [3.8, 4) is 0 Å². The summed E-state index contributed by atoms with van der Waals surface area (Å²) in [6, 6.07) is 5.50. The fraction of sp³-hybridized carbons (Fsp3) is 0.100. The molecule has 4 heteroatoms. The quantitative estimate of drug-likeness (QED) is 0.784. The number of pyridine rings is 1. The normalized spacial score (nSPS) is 10.8. The van der Waals surface area contributed by atoms with Crippen LogP contribution in [0.3, 0.4) is 0 Å². The number of H-pyrrole nitrogens is 1. The SMILES string of the molecule is Cc1cc2cc(Br)c(=O)[nH]c2cc1Cl. The lowest BCUT2D eigenvalue weighted by Crippen LogP contribution is -2.05. The third-order valence-corrected chi connectivity index (χ3v) is 3.07. The minimum atomic E-state index is -0.141. The molecule has 0 unspecified atom stereocenters. The van der Waals surface area contributed by atoms with E-state index in [1.165, 1.54) is 0 Å². The van der Waals surface area contributed by atoms with Crippen molar-refractivity contribution in [3.63, 3.8) is 0 Å². The number of halogens is 2. The number of benzene rings is 1. The first-order valence-electron chi connectivity index (χ1n) is 4.06. The van der Waals surface area contributed by atoms with Crippen molar-refractivity contribution in [2.75, 3.05) is 0 Å². The summed E-state index contributed by atoms with van der Waals surface area (Å²) in [6.07, 6.45) is 0. The number of nitrogens with one attached hydrogen (secondary N) is 1. The van der Waals surface area contributed by atoms with Gasteiger partial charge in [0, 0.05) is 10.5 Å². The summed E-state index contributed by atoms with van der Waals surface area (Å²) in [6.45, 7) is 1.93. The Kier molecular flexibility index (Phi) is 2.37. The Morgan fingerprint density at radius 3 is 2.79 bits per heavy atom. The van der Waals surface area contributed by atoms with Gasteiger partial charge in [0.15, 0.2) is 0 Å². The molecule has 0 aliphatic heterocycles. The van der Waals surface area contributed by atoms with Crippen LogP contribution in [0.2, 0.25) is 5.02 Å². The Hall–Kier alpha value is -0.800. The van der Waals surface area contributed by atoms with Crippen LogP contribution in [0.1, 0.15) is 5.56 Å².